The van der Waals surface area contributed by atoms with Crippen molar-refractivity contribution in [3.8, 4) is 11.4 Å². The molecule has 2 aliphatic rings. The second-order valence-electron chi connectivity index (χ2n) is 11.5. The fraction of sp³-hybridized carbons (Fsp3) is 0.581. The molecule has 0 bridgehead atoms. The van der Waals surface area contributed by atoms with Gasteiger partial charge in [0.1, 0.15) is 11.9 Å². The number of carbonyl (C=O) groups is 1. The first-order valence-electron chi connectivity index (χ1n) is 14.4. The summed E-state index contributed by atoms with van der Waals surface area (Å²) in [6, 6.07) is 8.23. The number of imidazole rings is 1. The quantitative estimate of drug-likeness (QED) is 0.404. The van der Waals surface area contributed by atoms with E-state index in [1.807, 2.05) is 19.2 Å². The van der Waals surface area contributed by atoms with E-state index in [-0.39, 0.29) is 17.6 Å². The van der Waals surface area contributed by atoms with Crippen LogP contribution in [0.15, 0.2) is 35.3 Å². The molecule has 0 amide bonds. The number of aliphatic hydroxyl groups is 1. The summed E-state index contributed by atoms with van der Waals surface area (Å²) in [6.45, 7) is 5.91. The molecule has 2 fully saturated rings. The number of pyridine rings is 1. The van der Waals surface area contributed by atoms with Crippen LogP contribution in [-0.2, 0) is 34.3 Å². The van der Waals surface area contributed by atoms with Crippen molar-refractivity contribution in [2.75, 3.05) is 13.2 Å². The fourth-order valence-electron chi connectivity index (χ4n) is 6.06. The second kappa shape index (κ2) is 12.0. The SMILES string of the molecule is Cc1cc(-c2nc3cc(CC[C@H](C(=O)OC4CCCC4)[C@@H](C)O)ccc3n2CC2CCOCC2)cn(C)c1=O. The second-order valence-corrected chi connectivity index (χ2v) is 11.5. The maximum atomic E-state index is 12.8. The van der Waals surface area contributed by atoms with Crippen LogP contribution in [-0.4, -0.2) is 50.6 Å². The molecule has 1 saturated heterocycles. The molecule has 1 aliphatic heterocycles. The Hall–Kier alpha value is -2.97. The summed E-state index contributed by atoms with van der Waals surface area (Å²) in [5.74, 6) is 0.526. The fourth-order valence-corrected chi connectivity index (χ4v) is 6.06. The van der Waals surface area contributed by atoms with E-state index in [2.05, 4.69) is 22.8 Å². The molecule has 2 aromatic heterocycles. The number of aryl methyl sites for hydroxylation is 3. The Morgan fingerprint density at radius 1 is 1.18 bits per heavy atom. The number of hydrogen-bond acceptors (Lipinski definition) is 6. The molecule has 210 valence electrons. The smallest absolute Gasteiger partial charge is 0.311 e. The molecule has 0 spiro atoms. The molecule has 3 heterocycles. The van der Waals surface area contributed by atoms with Gasteiger partial charge in [0.05, 0.1) is 23.1 Å². The van der Waals surface area contributed by atoms with Crippen molar-refractivity contribution >= 4 is 17.0 Å². The van der Waals surface area contributed by atoms with Gasteiger partial charge in [-0.1, -0.05) is 6.07 Å². The Kier molecular flexibility index (Phi) is 8.52. The zero-order chi connectivity index (χ0) is 27.5. The predicted molar refractivity (Wildman–Crippen MR) is 151 cm³/mol. The number of benzene rings is 1. The van der Waals surface area contributed by atoms with Crippen molar-refractivity contribution in [2.45, 2.75) is 84.0 Å². The molecule has 1 N–H and O–H groups in total. The van der Waals surface area contributed by atoms with Crippen LogP contribution in [0.25, 0.3) is 22.4 Å². The summed E-state index contributed by atoms with van der Waals surface area (Å²) in [6.07, 6.45) is 8.32. The van der Waals surface area contributed by atoms with Gasteiger partial charge in [0.2, 0.25) is 0 Å². The number of rotatable bonds is 9. The summed E-state index contributed by atoms with van der Waals surface area (Å²) in [5, 5.41) is 10.3. The number of ether oxygens (including phenoxy) is 2. The van der Waals surface area contributed by atoms with Crippen LogP contribution in [0.3, 0.4) is 0 Å². The Bertz CT molecular complexity index is 1340. The maximum absolute atomic E-state index is 12.8. The van der Waals surface area contributed by atoms with Crippen molar-refractivity contribution in [3.05, 3.63) is 51.9 Å². The van der Waals surface area contributed by atoms with Crippen molar-refractivity contribution in [3.63, 3.8) is 0 Å². The molecule has 0 unspecified atom stereocenters. The first-order chi connectivity index (χ1) is 18.8. The van der Waals surface area contributed by atoms with Crippen molar-refractivity contribution in [2.24, 2.45) is 18.9 Å². The van der Waals surface area contributed by atoms with Crippen LogP contribution < -0.4 is 5.56 Å². The van der Waals surface area contributed by atoms with Crippen molar-refractivity contribution in [1.82, 2.24) is 14.1 Å². The number of aromatic nitrogens is 3. The molecule has 1 saturated carbocycles. The third-order valence-electron chi connectivity index (χ3n) is 8.43. The largest absolute Gasteiger partial charge is 0.462 e. The van der Waals surface area contributed by atoms with Gasteiger partial charge in [-0.2, -0.15) is 0 Å². The number of nitrogens with zero attached hydrogens (tertiary/aromatic N) is 3. The van der Waals surface area contributed by atoms with E-state index in [1.165, 1.54) is 0 Å². The lowest BCUT2D eigenvalue weighted by molar-refractivity contribution is -0.157. The standard InChI is InChI=1S/C31H41N3O5/c1-20-16-24(19-33(3)30(20)36)29-32-27-17-22(9-11-28(27)34(29)18-23-12-14-38-15-13-23)8-10-26(21(2)35)31(37)39-25-6-4-5-7-25/h9,11,16-17,19,21,23,25-26,35H,4-8,10,12-15,18H2,1-3H3/t21-,26+/m1/s1. The average molecular weight is 536 g/mol. The van der Waals surface area contributed by atoms with Gasteiger partial charge in [0.15, 0.2) is 0 Å². The number of fused-ring (bicyclic) bond motifs is 1. The van der Waals surface area contributed by atoms with Crippen LogP contribution in [0, 0.1) is 18.8 Å². The molecule has 39 heavy (non-hydrogen) atoms. The predicted octanol–water partition coefficient (Wildman–Crippen LogP) is 4.55. The lowest BCUT2D eigenvalue weighted by Crippen LogP contribution is -2.30. The van der Waals surface area contributed by atoms with Crippen LogP contribution >= 0.6 is 0 Å². The van der Waals surface area contributed by atoms with Gasteiger partial charge < -0.3 is 23.7 Å². The zero-order valence-electron chi connectivity index (χ0n) is 23.4. The molecule has 0 radical (unpaired) electrons. The van der Waals surface area contributed by atoms with E-state index in [4.69, 9.17) is 14.5 Å². The molecule has 3 aromatic rings. The summed E-state index contributed by atoms with van der Waals surface area (Å²) in [5.41, 5.74) is 4.62. The molecular weight excluding hydrogens is 494 g/mol. The minimum Gasteiger partial charge on any atom is -0.462 e. The van der Waals surface area contributed by atoms with E-state index < -0.39 is 12.0 Å². The minimum absolute atomic E-state index is 0.00525. The zero-order valence-corrected chi connectivity index (χ0v) is 23.4. The first-order valence-corrected chi connectivity index (χ1v) is 14.4. The normalized spacial score (nSPS) is 18.5. The summed E-state index contributed by atoms with van der Waals surface area (Å²) in [4.78, 5) is 30.2. The number of carbonyl (C=O) groups excluding carboxylic acids is 1. The number of hydrogen-bond donors (Lipinski definition) is 1. The van der Waals surface area contributed by atoms with E-state index in [9.17, 15) is 14.7 Å². The third-order valence-corrected chi connectivity index (χ3v) is 8.43. The van der Waals surface area contributed by atoms with Gasteiger partial charge in [-0.3, -0.25) is 9.59 Å². The maximum Gasteiger partial charge on any atom is 0.311 e. The molecule has 8 nitrogen and oxygen atoms in total. The molecule has 1 aromatic carbocycles. The Labute approximate surface area is 230 Å². The van der Waals surface area contributed by atoms with Crippen molar-refractivity contribution < 1.29 is 19.4 Å². The van der Waals surface area contributed by atoms with E-state index >= 15 is 0 Å². The monoisotopic (exact) mass is 535 g/mol. The highest BCUT2D eigenvalue weighted by atomic mass is 16.5. The van der Waals surface area contributed by atoms with Gasteiger partial charge in [0.25, 0.3) is 5.56 Å². The van der Waals surface area contributed by atoms with E-state index in [0.29, 0.717) is 24.3 Å². The van der Waals surface area contributed by atoms with Crippen LogP contribution in [0.2, 0.25) is 0 Å². The topological polar surface area (TPSA) is 95.6 Å². The van der Waals surface area contributed by atoms with Gasteiger partial charge >= 0.3 is 5.97 Å². The Morgan fingerprint density at radius 2 is 1.92 bits per heavy atom. The Balaban J connectivity index is 1.41. The van der Waals surface area contributed by atoms with Crippen LogP contribution in [0.1, 0.15) is 63.0 Å². The average Bonchev–Trinajstić information content (AvgIpc) is 3.55. The highest BCUT2D eigenvalue weighted by Gasteiger charge is 2.29. The minimum atomic E-state index is -0.763. The summed E-state index contributed by atoms with van der Waals surface area (Å²) < 4.78 is 15.2. The van der Waals surface area contributed by atoms with E-state index in [1.54, 1.807) is 18.5 Å². The Morgan fingerprint density at radius 3 is 2.62 bits per heavy atom. The van der Waals surface area contributed by atoms with Gasteiger partial charge in [-0.05, 0) is 94.9 Å². The number of esters is 1. The van der Waals surface area contributed by atoms with Gasteiger partial charge in [0, 0.05) is 44.1 Å². The van der Waals surface area contributed by atoms with Gasteiger partial charge in [-0.15, -0.1) is 0 Å². The van der Waals surface area contributed by atoms with Crippen molar-refractivity contribution in [1.29, 1.82) is 0 Å². The molecule has 2 atom stereocenters. The molecular formula is C31H41N3O5. The third kappa shape index (κ3) is 6.28. The summed E-state index contributed by atoms with van der Waals surface area (Å²) in [7, 11) is 1.78. The van der Waals surface area contributed by atoms with Crippen LogP contribution in [0.4, 0.5) is 0 Å². The van der Waals surface area contributed by atoms with Crippen LogP contribution in [0.5, 0.6) is 0 Å². The first kappa shape index (κ1) is 27.6. The van der Waals surface area contributed by atoms with Gasteiger partial charge in [-0.25, -0.2) is 4.98 Å². The highest BCUT2D eigenvalue weighted by molar-refractivity contribution is 5.81. The summed E-state index contributed by atoms with van der Waals surface area (Å²) >= 11 is 0. The van der Waals surface area contributed by atoms with E-state index in [0.717, 1.165) is 86.3 Å². The lowest BCUT2D eigenvalue weighted by Gasteiger charge is -2.23. The lowest BCUT2D eigenvalue weighted by atomic mass is 9.95. The molecule has 8 heteroatoms. The molecule has 1 aliphatic carbocycles. The highest BCUT2D eigenvalue weighted by Crippen LogP contribution is 2.30. The molecule has 5 rings (SSSR count). The number of aliphatic hydroxyl groups excluding tert-OH is 1.